The van der Waals surface area contributed by atoms with E-state index in [0.29, 0.717) is 48.8 Å². The molecule has 5 aromatic rings. The highest BCUT2D eigenvalue weighted by Crippen LogP contribution is 2.36. The van der Waals surface area contributed by atoms with Gasteiger partial charge in [0.2, 0.25) is 11.8 Å². The lowest BCUT2D eigenvalue weighted by Crippen LogP contribution is -2.54. The van der Waals surface area contributed by atoms with Crippen molar-refractivity contribution >= 4 is 52.2 Å². The summed E-state index contributed by atoms with van der Waals surface area (Å²) >= 11 is 0. The molecule has 0 spiro atoms. The number of piperazine rings is 2. The average molecular weight is 881 g/mol. The molecule has 0 radical (unpaired) electrons. The molecule has 1 atom stereocenters. The number of para-hydroxylation sites is 1. The van der Waals surface area contributed by atoms with Crippen molar-refractivity contribution in [2.24, 2.45) is 0 Å². The Morgan fingerprint density at radius 3 is 2.09 bits per heavy atom. The summed E-state index contributed by atoms with van der Waals surface area (Å²) in [7, 11) is 0. The Kier molecular flexibility index (Phi) is 11.6. The SMILES string of the molecule is Nc1ncnc2c1c(-c1ccc(Oc3ccccc3)cc1)nn2C1CCN(C(=O)N2CCN(CCCN3CCN(c4ccc5c(c4)C(=O)N(C4CCC(=O)NC4=O)C5=O)CC3)CC2)CC1. The number of hydrogen-bond acceptors (Lipinski definition) is 13. The summed E-state index contributed by atoms with van der Waals surface area (Å²) < 4.78 is 7.97. The minimum absolute atomic E-state index is 0.0571. The molecule has 0 bridgehead atoms. The van der Waals surface area contributed by atoms with Gasteiger partial charge in [-0.2, -0.15) is 5.10 Å². The lowest BCUT2D eigenvalue weighted by molar-refractivity contribution is -0.136. The normalized spacial score (nSPS) is 20.2. The number of urea groups is 1. The minimum atomic E-state index is -0.977. The van der Waals surface area contributed by atoms with Gasteiger partial charge in [0.25, 0.3) is 11.8 Å². The van der Waals surface area contributed by atoms with Crippen molar-refractivity contribution in [1.29, 1.82) is 0 Å². The third kappa shape index (κ3) is 8.46. The lowest BCUT2D eigenvalue weighted by atomic mass is 10.0. The van der Waals surface area contributed by atoms with Gasteiger partial charge in [0, 0.05) is 83.1 Å². The van der Waals surface area contributed by atoms with Gasteiger partial charge in [-0.15, -0.1) is 0 Å². The van der Waals surface area contributed by atoms with Crippen LogP contribution in [0.3, 0.4) is 0 Å². The molecule has 4 saturated heterocycles. The van der Waals surface area contributed by atoms with E-state index < -0.39 is 29.7 Å². The number of fused-ring (bicyclic) bond motifs is 2. The molecule has 18 nitrogen and oxygen atoms in total. The van der Waals surface area contributed by atoms with E-state index in [1.807, 2.05) is 75.1 Å². The highest BCUT2D eigenvalue weighted by Gasteiger charge is 2.45. The Balaban J connectivity index is 0.663. The van der Waals surface area contributed by atoms with Crippen molar-refractivity contribution < 1.29 is 28.7 Å². The second-order valence-electron chi connectivity index (χ2n) is 17.4. The molecule has 4 fully saturated rings. The number of carbonyl (C=O) groups is 5. The Morgan fingerprint density at radius 2 is 1.38 bits per heavy atom. The van der Waals surface area contributed by atoms with E-state index in [2.05, 4.69) is 30.0 Å². The number of hydrogen-bond donors (Lipinski definition) is 2. The predicted molar refractivity (Wildman–Crippen MR) is 241 cm³/mol. The lowest BCUT2D eigenvalue weighted by Gasteiger charge is -2.40. The van der Waals surface area contributed by atoms with Crippen LogP contribution in [0.5, 0.6) is 11.5 Å². The molecule has 18 heteroatoms. The maximum absolute atomic E-state index is 13.7. The van der Waals surface area contributed by atoms with Crippen molar-refractivity contribution in [3.05, 3.63) is 90.3 Å². The van der Waals surface area contributed by atoms with Gasteiger partial charge < -0.3 is 25.2 Å². The predicted octanol–water partition coefficient (Wildman–Crippen LogP) is 3.86. The largest absolute Gasteiger partial charge is 0.457 e. The number of nitrogens with one attached hydrogen (secondary N) is 1. The van der Waals surface area contributed by atoms with Crippen LogP contribution in [0.4, 0.5) is 16.3 Å². The molecule has 5 aliphatic heterocycles. The molecule has 0 aliphatic carbocycles. The van der Waals surface area contributed by atoms with Crippen LogP contribution < -0.4 is 20.7 Å². The number of nitrogens with zero attached hydrogens (tertiary/aromatic N) is 10. The summed E-state index contributed by atoms with van der Waals surface area (Å²) in [5.74, 6) is -0.127. The monoisotopic (exact) mass is 880 g/mol. The first-order valence-electron chi connectivity index (χ1n) is 22.6. The van der Waals surface area contributed by atoms with E-state index in [1.54, 1.807) is 12.1 Å². The Bertz CT molecular complexity index is 2620. The molecule has 6 amide bonds. The molecule has 5 aliphatic rings. The summed E-state index contributed by atoms with van der Waals surface area (Å²) in [6.45, 7) is 9.65. The van der Waals surface area contributed by atoms with Gasteiger partial charge in [-0.25, -0.2) is 19.4 Å². The number of nitrogens with two attached hydrogens (primary N) is 1. The van der Waals surface area contributed by atoms with Crippen LogP contribution in [0.25, 0.3) is 22.3 Å². The number of nitrogen functional groups attached to an aromatic ring is 1. The van der Waals surface area contributed by atoms with Gasteiger partial charge >= 0.3 is 6.03 Å². The van der Waals surface area contributed by atoms with E-state index in [9.17, 15) is 24.0 Å². The Morgan fingerprint density at radius 1 is 0.723 bits per heavy atom. The number of carbonyl (C=O) groups excluding carboxylic acids is 5. The highest BCUT2D eigenvalue weighted by molar-refractivity contribution is 6.23. The summed E-state index contributed by atoms with van der Waals surface area (Å²) in [5, 5.41) is 8.02. The number of imide groups is 2. The number of aromatic nitrogens is 4. The first-order chi connectivity index (χ1) is 31.7. The van der Waals surface area contributed by atoms with E-state index in [1.165, 1.54) is 6.33 Å². The van der Waals surface area contributed by atoms with Gasteiger partial charge in [0.1, 0.15) is 35.4 Å². The van der Waals surface area contributed by atoms with Crippen LogP contribution >= 0.6 is 0 Å². The van der Waals surface area contributed by atoms with E-state index >= 15 is 0 Å². The van der Waals surface area contributed by atoms with Crippen LogP contribution in [0.2, 0.25) is 0 Å². The number of likely N-dealkylation sites (tertiary alicyclic amines) is 1. The standard InChI is InChI=1S/C47H52N12O6/c48-42-40-41(31-7-10-35(11-8-31)65-34-5-2-1-3-6-34)52-59(43(40)50-30-49-42)32-15-19-56(20-16-32)47(64)57-27-23-54(24-28-57)18-4-17-53-21-25-55(26-22-53)33-9-12-36-37(29-33)46(63)58(45(36)62)38-13-14-39(60)51-44(38)61/h1-3,5-12,29-30,32,38H,4,13-28H2,(H2,48,49,50)(H,51,60,61). The molecule has 1 unspecified atom stereocenters. The number of anilines is 2. The quantitative estimate of drug-likeness (QED) is 0.192. The fourth-order valence-corrected chi connectivity index (χ4v) is 9.83. The van der Waals surface area contributed by atoms with Crippen molar-refractivity contribution in [1.82, 2.24) is 49.6 Å². The minimum Gasteiger partial charge on any atom is -0.457 e. The van der Waals surface area contributed by atoms with E-state index in [0.717, 1.165) is 110 Å². The Hall–Kier alpha value is -6.92. The molecule has 3 N–H and O–H groups in total. The molecule has 336 valence electrons. The van der Waals surface area contributed by atoms with Crippen molar-refractivity contribution in [3.63, 3.8) is 0 Å². The molecule has 65 heavy (non-hydrogen) atoms. The van der Waals surface area contributed by atoms with Gasteiger partial charge in [0.15, 0.2) is 5.65 Å². The average Bonchev–Trinajstić information content (AvgIpc) is 3.84. The number of rotatable bonds is 10. The van der Waals surface area contributed by atoms with Crippen LogP contribution in [0, 0.1) is 0 Å². The molecular weight excluding hydrogens is 829 g/mol. The van der Waals surface area contributed by atoms with Gasteiger partial charge in [0.05, 0.1) is 22.6 Å². The summed E-state index contributed by atoms with van der Waals surface area (Å²) in [5.41, 5.74) is 10.2. The topological polar surface area (TPSA) is 196 Å². The molecular formula is C47H52N12O6. The van der Waals surface area contributed by atoms with Crippen molar-refractivity contribution in [2.45, 2.75) is 44.2 Å². The van der Waals surface area contributed by atoms with Crippen LogP contribution in [0.15, 0.2) is 79.1 Å². The maximum atomic E-state index is 13.7. The Labute approximate surface area is 375 Å². The molecule has 2 aromatic heterocycles. The van der Waals surface area contributed by atoms with Crippen LogP contribution in [-0.2, 0) is 9.59 Å². The number of ether oxygens (including phenoxy) is 1. The molecule has 3 aromatic carbocycles. The fourth-order valence-electron chi connectivity index (χ4n) is 9.83. The number of piperidine rings is 2. The molecule has 10 rings (SSSR count). The van der Waals surface area contributed by atoms with E-state index in [-0.39, 0.29) is 24.9 Å². The zero-order valence-corrected chi connectivity index (χ0v) is 36.2. The smallest absolute Gasteiger partial charge is 0.320 e. The second kappa shape index (κ2) is 17.9. The second-order valence-corrected chi connectivity index (χ2v) is 17.4. The third-order valence-electron chi connectivity index (χ3n) is 13.5. The molecule has 0 saturated carbocycles. The first-order valence-corrected chi connectivity index (χ1v) is 22.6. The zero-order valence-electron chi connectivity index (χ0n) is 36.2. The van der Waals surface area contributed by atoms with Crippen molar-refractivity contribution in [3.8, 4) is 22.8 Å². The van der Waals surface area contributed by atoms with Gasteiger partial charge in [-0.3, -0.25) is 39.2 Å². The van der Waals surface area contributed by atoms with Crippen LogP contribution in [0.1, 0.15) is 58.9 Å². The maximum Gasteiger partial charge on any atom is 0.320 e. The van der Waals surface area contributed by atoms with Gasteiger partial charge in [-0.1, -0.05) is 18.2 Å². The molecule has 7 heterocycles. The van der Waals surface area contributed by atoms with E-state index in [4.69, 9.17) is 15.6 Å². The summed E-state index contributed by atoms with van der Waals surface area (Å²) in [6.07, 6.45) is 4.24. The van der Waals surface area contributed by atoms with Gasteiger partial charge in [-0.05, 0) is 93.4 Å². The zero-order chi connectivity index (χ0) is 44.6. The third-order valence-corrected chi connectivity index (χ3v) is 13.5. The number of benzene rings is 3. The highest BCUT2D eigenvalue weighted by atomic mass is 16.5. The summed E-state index contributed by atoms with van der Waals surface area (Å²) in [4.78, 5) is 85.3. The van der Waals surface area contributed by atoms with Crippen LogP contribution in [-0.4, -0.2) is 158 Å². The van der Waals surface area contributed by atoms with Crippen molar-refractivity contribution in [2.75, 3.05) is 89.2 Å². The number of amides is 6. The fraction of sp³-hybridized carbons (Fsp3) is 0.404. The summed E-state index contributed by atoms with van der Waals surface area (Å²) in [6, 6.07) is 21.9. The first kappa shape index (κ1) is 42.1.